The minimum Gasteiger partial charge on any atom is -0.338 e. The van der Waals surface area contributed by atoms with Gasteiger partial charge in [0.1, 0.15) is 5.82 Å². The maximum atomic E-state index is 13.6. The molecule has 0 spiro atoms. The molecular formula is C19H24FN5O. The molecule has 2 heterocycles. The molecule has 1 N–H and O–H groups in total. The van der Waals surface area contributed by atoms with Crippen LogP contribution in [0.25, 0.3) is 0 Å². The number of nitrogens with one attached hydrogen (secondary N) is 1. The van der Waals surface area contributed by atoms with E-state index in [2.05, 4.69) is 32.0 Å². The van der Waals surface area contributed by atoms with Crippen LogP contribution < -0.4 is 10.2 Å². The van der Waals surface area contributed by atoms with Crippen molar-refractivity contribution in [1.29, 1.82) is 0 Å². The third-order valence-corrected chi connectivity index (χ3v) is 4.74. The second-order valence-electron chi connectivity index (χ2n) is 6.51. The predicted molar refractivity (Wildman–Crippen MR) is 100 cm³/mol. The number of carbonyl (C=O) groups is 1. The van der Waals surface area contributed by atoms with E-state index in [9.17, 15) is 9.18 Å². The number of anilines is 2. The third kappa shape index (κ3) is 3.99. The number of benzene rings is 1. The smallest absolute Gasteiger partial charge is 0.259 e. The van der Waals surface area contributed by atoms with Gasteiger partial charge in [0.2, 0.25) is 5.95 Å². The topological polar surface area (TPSA) is 61.4 Å². The monoisotopic (exact) mass is 357 g/mol. The van der Waals surface area contributed by atoms with E-state index in [4.69, 9.17) is 0 Å². The molecule has 1 aromatic carbocycles. The molecule has 0 aliphatic carbocycles. The molecule has 0 bridgehead atoms. The van der Waals surface area contributed by atoms with Crippen LogP contribution in [0.1, 0.15) is 28.5 Å². The molecule has 26 heavy (non-hydrogen) atoms. The third-order valence-electron chi connectivity index (χ3n) is 4.74. The summed E-state index contributed by atoms with van der Waals surface area (Å²) in [6.07, 6.45) is 1.55. The van der Waals surface area contributed by atoms with Crippen molar-refractivity contribution in [3.05, 3.63) is 47.0 Å². The van der Waals surface area contributed by atoms with Gasteiger partial charge in [0, 0.05) is 38.1 Å². The summed E-state index contributed by atoms with van der Waals surface area (Å²) in [6, 6.07) is 4.62. The van der Waals surface area contributed by atoms with Crippen LogP contribution in [-0.2, 0) is 0 Å². The largest absolute Gasteiger partial charge is 0.338 e. The zero-order valence-corrected chi connectivity index (χ0v) is 15.4. The fourth-order valence-corrected chi connectivity index (χ4v) is 2.96. The van der Waals surface area contributed by atoms with Crippen molar-refractivity contribution in [2.24, 2.45) is 0 Å². The van der Waals surface area contributed by atoms with E-state index >= 15 is 0 Å². The van der Waals surface area contributed by atoms with E-state index in [0.717, 1.165) is 32.7 Å². The summed E-state index contributed by atoms with van der Waals surface area (Å²) < 4.78 is 13.6. The van der Waals surface area contributed by atoms with Gasteiger partial charge in [0.15, 0.2) is 0 Å². The molecule has 6 nitrogen and oxygen atoms in total. The zero-order chi connectivity index (χ0) is 18.7. The van der Waals surface area contributed by atoms with Crippen LogP contribution in [0, 0.1) is 19.7 Å². The minimum absolute atomic E-state index is 0.340. The van der Waals surface area contributed by atoms with Crippen LogP contribution >= 0.6 is 0 Å². The Morgan fingerprint density at radius 3 is 2.58 bits per heavy atom. The van der Waals surface area contributed by atoms with Gasteiger partial charge in [-0.15, -0.1) is 0 Å². The number of aromatic nitrogens is 2. The molecule has 1 amide bonds. The summed E-state index contributed by atoms with van der Waals surface area (Å²) in [7, 11) is 0. The van der Waals surface area contributed by atoms with Gasteiger partial charge in [0.25, 0.3) is 5.91 Å². The van der Waals surface area contributed by atoms with Gasteiger partial charge in [-0.1, -0.05) is 13.0 Å². The number of nitrogens with zero attached hydrogens (tertiary/aromatic N) is 4. The van der Waals surface area contributed by atoms with Gasteiger partial charge in [-0.25, -0.2) is 14.4 Å². The average molecular weight is 357 g/mol. The Bertz CT molecular complexity index is 803. The Hall–Kier alpha value is -2.54. The molecule has 3 rings (SSSR count). The SMILES string of the molecule is CCN1CCN(c2ncc(C(=O)Nc3ccc(C)c(F)c3)c(C)n2)CC1. The number of halogens is 1. The number of likely N-dealkylation sites (N-methyl/N-ethyl adjacent to an activating group) is 1. The Morgan fingerprint density at radius 1 is 1.23 bits per heavy atom. The summed E-state index contributed by atoms with van der Waals surface area (Å²) in [5.41, 5.74) is 1.95. The molecule has 1 saturated heterocycles. The van der Waals surface area contributed by atoms with Gasteiger partial charge in [-0.05, 0) is 38.1 Å². The van der Waals surface area contributed by atoms with Crippen LogP contribution in [-0.4, -0.2) is 53.5 Å². The van der Waals surface area contributed by atoms with E-state index in [0.29, 0.717) is 28.5 Å². The first-order valence-electron chi connectivity index (χ1n) is 8.86. The highest BCUT2D eigenvalue weighted by molar-refractivity contribution is 6.04. The normalized spacial score (nSPS) is 15.2. The standard InChI is InChI=1S/C19H24FN5O/c1-4-24-7-9-25(10-8-24)19-21-12-16(14(3)22-19)18(26)23-15-6-5-13(2)17(20)11-15/h5-6,11-12H,4,7-10H2,1-3H3,(H,23,26). The van der Waals surface area contributed by atoms with E-state index in [1.54, 1.807) is 32.2 Å². The van der Waals surface area contributed by atoms with Gasteiger partial charge < -0.3 is 15.1 Å². The molecule has 0 saturated carbocycles. The van der Waals surface area contributed by atoms with Crippen molar-refractivity contribution in [1.82, 2.24) is 14.9 Å². The quantitative estimate of drug-likeness (QED) is 0.911. The Balaban J connectivity index is 1.70. The van der Waals surface area contributed by atoms with E-state index in [1.807, 2.05) is 0 Å². The molecular weight excluding hydrogens is 333 g/mol. The lowest BCUT2D eigenvalue weighted by Crippen LogP contribution is -2.46. The Labute approximate surface area is 153 Å². The van der Waals surface area contributed by atoms with E-state index < -0.39 is 0 Å². The van der Waals surface area contributed by atoms with Crippen molar-refractivity contribution >= 4 is 17.5 Å². The van der Waals surface area contributed by atoms with Gasteiger partial charge >= 0.3 is 0 Å². The van der Waals surface area contributed by atoms with Gasteiger partial charge in [0.05, 0.1) is 11.3 Å². The first-order chi connectivity index (χ1) is 12.5. The summed E-state index contributed by atoms with van der Waals surface area (Å²) in [6.45, 7) is 10.4. The van der Waals surface area contributed by atoms with E-state index in [1.165, 1.54) is 6.07 Å². The highest BCUT2D eigenvalue weighted by Gasteiger charge is 2.20. The molecule has 0 unspecified atom stereocenters. The molecule has 0 atom stereocenters. The predicted octanol–water partition coefficient (Wildman–Crippen LogP) is 2.63. The zero-order valence-electron chi connectivity index (χ0n) is 15.4. The van der Waals surface area contributed by atoms with Crippen molar-refractivity contribution < 1.29 is 9.18 Å². The highest BCUT2D eigenvalue weighted by atomic mass is 19.1. The van der Waals surface area contributed by atoms with Crippen LogP contribution in [0.2, 0.25) is 0 Å². The maximum absolute atomic E-state index is 13.6. The van der Waals surface area contributed by atoms with Crippen LogP contribution in [0.3, 0.4) is 0 Å². The molecule has 1 fully saturated rings. The lowest BCUT2D eigenvalue weighted by molar-refractivity contribution is 0.102. The first-order valence-corrected chi connectivity index (χ1v) is 8.86. The summed E-state index contributed by atoms with van der Waals surface area (Å²) in [4.78, 5) is 25.9. The number of amides is 1. The maximum Gasteiger partial charge on any atom is 0.259 e. The van der Waals surface area contributed by atoms with Crippen LogP contribution in [0.4, 0.5) is 16.0 Å². The van der Waals surface area contributed by atoms with Crippen LogP contribution in [0.15, 0.2) is 24.4 Å². The Morgan fingerprint density at radius 2 is 1.96 bits per heavy atom. The number of aryl methyl sites for hydroxylation is 2. The van der Waals surface area contributed by atoms with Crippen molar-refractivity contribution in [2.45, 2.75) is 20.8 Å². The van der Waals surface area contributed by atoms with E-state index in [-0.39, 0.29) is 11.7 Å². The molecule has 138 valence electrons. The summed E-state index contributed by atoms with van der Waals surface area (Å²) >= 11 is 0. The summed E-state index contributed by atoms with van der Waals surface area (Å²) in [5, 5.41) is 2.70. The second-order valence-corrected chi connectivity index (χ2v) is 6.51. The van der Waals surface area contributed by atoms with Gasteiger partial charge in [-0.2, -0.15) is 0 Å². The fourth-order valence-electron chi connectivity index (χ4n) is 2.96. The molecule has 1 aliphatic heterocycles. The average Bonchev–Trinajstić information content (AvgIpc) is 2.64. The number of rotatable bonds is 4. The number of hydrogen-bond donors (Lipinski definition) is 1. The summed E-state index contributed by atoms with van der Waals surface area (Å²) in [5.74, 6) is -0.0402. The fraction of sp³-hybridized carbons (Fsp3) is 0.421. The van der Waals surface area contributed by atoms with Crippen molar-refractivity contribution in [3.8, 4) is 0 Å². The molecule has 7 heteroatoms. The second kappa shape index (κ2) is 7.78. The number of piperazine rings is 1. The minimum atomic E-state index is -0.350. The molecule has 1 aliphatic rings. The lowest BCUT2D eigenvalue weighted by Gasteiger charge is -2.34. The first kappa shape index (κ1) is 18.3. The lowest BCUT2D eigenvalue weighted by atomic mass is 10.2. The molecule has 1 aromatic heterocycles. The number of hydrogen-bond acceptors (Lipinski definition) is 5. The highest BCUT2D eigenvalue weighted by Crippen LogP contribution is 2.17. The van der Waals surface area contributed by atoms with Crippen molar-refractivity contribution in [2.75, 3.05) is 42.9 Å². The molecule has 2 aromatic rings. The van der Waals surface area contributed by atoms with Crippen molar-refractivity contribution in [3.63, 3.8) is 0 Å². The van der Waals surface area contributed by atoms with Gasteiger partial charge in [-0.3, -0.25) is 4.79 Å². The molecule has 0 radical (unpaired) electrons. The number of carbonyl (C=O) groups excluding carboxylic acids is 1. The van der Waals surface area contributed by atoms with Crippen LogP contribution in [0.5, 0.6) is 0 Å². The Kier molecular flexibility index (Phi) is 5.46.